The topological polar surface area (TPSA) is 74.6 Å². The van der Waals surface area contributed by atoms with Crippen LogP contribution in [0.2, 0.25) is 0 Å². The molecule has 3 aromatic rings. The van der Waals surface area contributed by atoms with Crippen molar-refractivity contribution in [2.24, 2.45) is 7.05 Å². The van der Waals surface area contributed by atoms with Gasteiger partial charge >= 0.3 is 0 Å². The maximum absolute atomic E-state index is 12.6. The lowest BCUT2D eigenvalue weighted by Gasteiger charge is -2.31. The van der Waals surface area contributed by atoms with E-state index in [0.29, 0.717) is 29.5 Å². The van der Waals surface area contributed by atoms with E-state index in [2.05, 4.69) is 10.3 Å². The van der Waals surface area contributed by atoms with E-state index in [1.807, 2.05) is 42.9 Å². The van der Waals surface area contributed by atoms with Crippen molar-refractivity contribution in [2.75, 3.05) is 5.32 Å². The van der Waals surface area contributed by atoms with Gasteiger partial charge in [-0.05, 0) is 43.3 Å². The van der Waals surface area contributed by atoms with Crippen LogP contribution in [0.5, 0.6) is 17.2 Å². The minimum Gasteiger partial charge on any atom is -0.486 e. The number of carbonyl (C=O) groups excluding carboxylic acids is 1. The molecule has 0 radical (unpaired) electrons. The normalized spacial score (nSPS) is 17.8. The lowest BCUT2D eigenvalue weighted by Crippen LogP contribution is -2.46. The van der Waals surface area contributed by atoms with Gasteiger partial charge in [-0.3, -0.25) is 4.79 Å². The van der Waals surface area contributed by atoms with Crippen molar-refractivity contribution < 1.29 is 19.0 Å². The molecule has 7 nitrogen and oxygen atoms in total. The summed E-state index contributed by atoms with van der Waals surface area (Å²) in [7, 11) is 1.92. The number of fused-ring (bicyclic) bond motifs is 1. The number of ether oxygens (including phenoxy) is 3. The molecule has 0 aliphatic carbocycles. The van der Waals surface area contributed by atoms with Crippen LogP contribution in [0.15, 0.2) is 60.9 Å². The maximum Gasteiger partial charge on any atom is 0.269 e. The zero-order chi connectivity index (χ0) is 19.5. The lowest BCUT2D eigenvalue weighted by molar-refractivity contribution is -0.128. The first-order valence-corrected chi connectivity index (χ1v) is 9.02. The van der Waals surface area contributed by atoms with Gasteiger partial charge in [0.05, 0.1) is 0 Å². The highest BCUT2D eigenvalue weighted by Gasteiger charge is 2.34. The zero-order valence-electron chi connectivity index (χ0n) is 15.7. The number of para-hydroxylation sites is 2. The Balaban J connectivity index is 1.36. The Kier molecular flexibility index (Phi) is 4.89. The molecule has 2 heterocycles. The van der Waals surface area contributed by atoms with Crippen LogP contribution in [0.3, 0.4) is 0 Å². The third-order valence-corrected chi connectivity index (χ3v) is 4.51. The molecule has 0 bridgehead atoms. The molecule has 7 heteroatoms. The zero-order valence-corrected chi connectivity index (χ0v) is 15.7. The minimum absolute atomic E-state index is 0.260. The molecule has 1 N–H and O–H groups in total. The van der Waals surface area contributed by atoms with Crippen molar-refractivity contribution >= 4 is 11.6 Å². The molecule has 1 aliphatic heterocycles. The van der Waals surface area contributed by atoms with Gasteiger partial charge in [0.15, 0.2) is 11.5 Å². The third kappa shape index (κ3) is 3.78. The summed E-state index contributed by atoms with van der Waals surface area (Å²) in [6, 6.07) is 14.5. The molecule has 2 atom stereocenters. The fraction of sp³-hybridized carbons (Fsp3) is 0.238. The second-order valence-corrected chi connectivity index (χ2v) is 6.56. The van der Waals surface area contributed by atoms with Crippen molar-refractivity contribution in [1.29, 1.82) is 0 Å². The van der Waals surface area contributed by atoms with Gasteiger partial charge in [-0.25, -0.2) is 4.98 Å². The van der Waals surface area contributed by atoms with E-state index >= 15 is 0 Å². The van der Waals surface area contributed by atoms with E-state index in [1.165, 1.54) is 0 Å². The van der Waals surface area contributed by atoms with Crippen LogP contribution in [0.25, 0.3) is 0 Å². The van der Waals surface area contributed by atoms with Crippen LogP contribution in [0.4, 0.5) is 5.69 Å². The Morgan fingerprint density at radius 1 is 1.14 bits per heavy atom. The number of benzene rings is 2. The molecule has 1 amide bonds. The van der Waals surface area contributed by atoms with Crippen LogP contribution in [-0.2, 0) is 18.4 Å². The maximum atomic E-state index is 12.6. The van der Waals surface area contributed by atoms with E-state index in [-0.39, 0.29) is 5.91 Å². The number of amides is 1. The van der Waals surface area contributed by atoms with Crippen LogP contribution >= 0.6 is 0 Å². The summed E-state index contributed by atoms with van der Waals surface area (Å²) in [4.78, 5) is 16.9. The van der Waals surface area contributed by atoms with Crippen LogP contribution in [0, 0.1) is 0 Å². The second kappa shape index (κ2) is 7.64. The fourth-order valence-electron chi connectivity index (χ4n) is 2.94. The highest BCUT2D eigenvalue weighted by molar-refractivity contribution is 5.95. The Morgan fingerprint density at radius 3 is 2.54 bits per heavy atom. The van der Waals surface area contributed by atoms with Crippen molar-refractivity contribution in [2.45, 2.75) is 25.7 Å². The molecule has 144 valence electrons. The number of nitrogens with one attached hydrogen (secondary N) is 1. The standard InChI is InChI=1S/C21H21N3O4/c1-14-20(28-18-6-4-3-5-17(18)27-14)21(25)23-15-7-9-16(10-8-15)26-13-19-22-11-12-24(19)2/h3-12,14,20H,13H2,1-2H3,(H,23,25)/t14-,20-/m1/s1. The second-order valence-electron chi connectivity index (χ2n) is 6.56. The van der Waals surface area contributed by atoms with Gasteiger partial charge in [0.2, 0.25) is 6.10 Å². The van der Waals surface area contributed by atoms with Gasteiger partial charge in [-0.1, -0.05) is 12.1 Å². The van der Waals surface area contributed by atoms with Gasteiger partial charge in [0.1, 0.15) is 24.3 Å². The van der Waals surface area contributed by atoms with E-state index < -0.39 is 12.2 Å². The molecule has 28 heavy (non-hydrogen) atoms. The summed E-state index contributed by atoms with van der Waals surface area (Å²) in [6.07, 6.45) is 2.48. The first kappa shape index (κ1) is 17.9. The summed E-state index contributed by atoms with van der Waals surface area (Å²) in [6.45, 7) is 2.19. The molecule has 0 saturated heterocycles. The average Bonchev–Trinajstić information content (AvgIpc) is 3.11. The van der Waals surface area contributed by atoms with Gasteiger partial charge in [-0.15, -0.1) is 0 Å². The van der Waals surface area contributed by atoms with E-state index in [0.717, 1.165) is 5.82 Å². The van der Waals surface area contributed by atoms with Crippen molar-refractivity contribution in [3.63, 3.8) is 0 Å². The minimum atomic E-state index is -0.728. The van der Waals surface area contributed by atoms with E-state index in [4.69, 9.17) is 14.2 Å². The number of rotatable bonds is 5. The summed E-state index contributed by atoms with van der Waals surface area (Å²) >= 11 is 0. The monoisotopic (exact) mass is 379 g/mol. The van der Waals surface area contributed by atoms with Crippen molar-refractivity contribution in [3.05, 3.63) is 66.7 Å². The van der Waals surface area contributed by atoms with Gasteiger partial charge < -0.3 is 24.1 Å². The molecule has 0 fully saturated rings. The number of anilines is 1. The number of hydrogen-bond acceptors (Lipinski definition) is 5. The number of hydrogen-bond donors (Lipinski definition) is 1. The number of carbonyl (C=O) groups is 1. The average molecular weight is 379 g/mol. The van der Waals surface area contributed by atoms with E-state index in [9.17, 15) is 4.79 Å². The van der Waals surface area contributed by atoms with E-state index in [1.54, 1.807) is 36.5 Å². The number of imidazole rings is 1. The first-order chi connectivity index (χ1) is 13.6. The quantitative estimate of drug-likeness (QED) is 0.737. The van der Waals surface area contributed by atoms with Crippen molar-refractivity contribution in [3.8, 4) is 17.2 Å². The first-order valence-electron chi connectivity index (χ1n) is 9.02. The summed E-state index contributed by atoms with van der Waals surface area (Å²) < 4.78 is 19.2. The third-order valence-electron chi connectivity index (χ3n) is 4.51. The van der Waals surface area contributed by atoms with Gasteiger partial charge in [0, 0.05) is 25.1 Å². The van der Waals surface area contributed by atoms with Gasteiger partial charge in [0.25, 0.3) is 5.91 Å². The highest BCUT2D eigenvalue weighted by Crippen LogP contribution is 2.33. The molecule has 1 aliphatic rings. The predicted molar refractivity (Wildman–Crippen MR) is 104 cm³/mol. The molecular formula is C21H21N3O4. The molecule has 2 aromatic carbocycles. The number of nitrogens with zero attached hydrogens (tertiary/aromatic N) is 2. The summed E-state index contributed by atoms with van der Waals surface area (Å²) in [5.74, 6) is 2.48. The Labute approximate surface area is 162 Å². The largest absolute Gasteiger partial charge is 0.486 e. The highest BCUT2D eigenvalue weighted by atomic mass is 16.6. The smallest absolute Gasteiger partial charge is 0.269 e. The SMILES string of the molecule is C[C@H]1Oc2ccccc2O[C@H]1C(=O)Nc1ccc(OCc2nccn2C)cc1. The molecule has 1 aromatic heterocycles. The van der Waals surface area contributed by atoms with Crippen LogP contribution in [-0.4, -0.2) is 27.7 Å². The number of aromatic nitrogens is 2. The predicted octanol–water partition coefficient (Wildman–Crippen LogP) is 3.17. The Bertz CT molecular complexity index is 968. The fourth-order valence-corrected chi connectivity index (χ4v) is 2.94. The lowest BCUT2D eigenvalue weighted by atomic mass is 10.1. The molecule has 0 spiro atoms. The molecule has 0 saturated carbocycles. The number of aryl methyl sites for hydroxylation is 1. The summed E-state index contributed by atoms with van der Waals surface area (Å²) in [5, 5.41) is 2.86. The van der Waals surface area contributed by atoms with Crippen molar-refractivity contribution in [1.82, 2.24) is 9.55 Å². The molecule has 0 unspecified atom stereocenters. The van der Waals surface area contributed by atoms with Crippen LogP contribution < -0.4 is 19.5 Å². The van der Waals surface area contributed by atoms with Gasteiger partial charge in [-0.2, -0.15) is 0 Å². The molecular weight excluding hydrogens is 358 g/mol. The Hall–Kier alpha value is -3.48. The molecule has 4 rings (SSSR count). The van der Waals surface area contributed by atoms with Crippen LogP contribution in [0.1, 0.15) is 12.7 Å². The summed E-state index contributed by atoms with van der Waals surface area (Å²) in [5.41, 5.74) is 0.656. The Morgan fingerprint density at radius 2 is 1.86 bits per heavy atom.